The van der Waals surface area contributed by atoms with Gasteiger partial charge < -0.3 is 4.98 Å². The van der Waals surface area contributed by atoms with Crippen LogP contribution in [0.25, 0.3) is 33.3 Å². The molecule has 4 aromatic rings. The van der Waals surface area contributed by atoms with E-state index in [0.717, 1.165) is 27.5 Å². The molecule has 0 spiro atoms. The second-order valence-corrected chi connectivity index (χ2v) is 4.98. The van der Waals surface area contributed by atoms with E-state index in [0.29, 0.717) is 11.0 Å². The minimum atomic E-state index is 0.476. The molecule has 0 aliphatic heterocycles. The minimum absolute atomic E-state index is 0.476. The van der Waals surface area contributed by atoms with Crippen LogP contribution in [0.4, 0.5) is 0 Å². The number of para-hydroxylation sites is 2. The Morgan fingerprint density at radius 2 is 1.70 bits per heavy atom. The highest BCUT2D eigenvalue weighted by Gasteiger charge is 2.09. The highest BCUT2D eigenvalue weighted by atomic mass is 35.5. The van der Waals surface area contributed by atoms with Gasteiger partial charge in [0.2, 0.25) is 0 Å². The number of fused-ring (bicyclic) bond motifs is 2. The zero-order chi connectivity index (χ0) is 13.5. The van der Waals surface area contributed by atoms with Crippen LogP contribution in [-0.4, -0.2) is 15.0 Å². The van der Waals surface area contributed by atoms with Crippen molar-refractivity contribution in [3.63, 3.8) is 0 Å². The molecule has 0 radical (unpaired) electrons. The Morgan fingerprint density at radius 3 is 2.60 bits per heavy atom. The van der Waals surface area contributed by atoms with Crippen LogP contribution in [0.5, 0.6) is 0 Å². The summed E-state index contributed by atoms with van der Waals surface area (Å²) in [5.74, 6) is 0.616. The van der Waals surface area contributed by atoms with Crippen LogP contribution >= 0.6 is 11.6 Å². The predicted octanol–water partition coefficient (Wildman–Crippen LogP) is 4.43. The third kappa shape index (κ3) is 1.75. The number of nitrogens with zero attached hydrogens (tertiary/aromatic N) is 2. The first-order valence-corrected chi connectivity index (χ1v) is 6.69. The number of H-pyrrole nitrogens is 1. The van der Waals surface area contributed by atoms with Gasteiger partial charge in [-0.3, -0.25) is 0 Å². The summed E-state index contributed by atoms with van der Waals surface area (Å²) in [5.41, 5.74) is 2.79. The largest absolute Gasteiger partial charge is 0.352 e. The van der Waals surface area contributed by atoms with Crippen LogP contribution < -0.4 is 0 Å². The molecule has 3 nitrogen and oxygen atoms in total. The summed E-state index contributed by atoms with van der Waals surface area (Å²) in [4.78, 5) is 12.3. The van der Waals surface area contributed by atoms with Crippen LogP contribution in [-0.2, 0) is 0 Å². The molecular weight excluding hydrogens is 270 g/mol. The topological polar surface area (TPSA) is 41.6 Å². The minimum Gasteiger partial charge on any atom is -0.352 e. The molecule has 2 aromatic heterocycles. The van der Waals surface area contributed by atoms with Crippen molar-refractivity contribution in [1.29, 1.82) is 0 Å². The van der Waals surface area contributed by atoms with Crippen molar-refractivity contribution in [1.82, 2.24) is 15.0 Å². The van der Waals surface area contributed by atoms with Crippen molar-refractivity contribution in [2.75, 3.05) is 0 Å². The Balaban J connectivity index is 1.97. The molecule has 1 N–H and O–H groups in total. The monoisotopic (exact) mass is 279 g/mol. The normalized spacial score (nSPS) is 11.2. The third-order valence-electron chi connectivity index (χ3n) is 3.33. The second kappa shape index (κ2) is 4.32. The number of benzene rings is 2. The van der Waals surface area contributed by atoms with Gasteiger partial charge in [-0.1, -0.05) is 41.9 Å². The van der Waals surface area contributed by atoms with Crippen LogP contribution in [0.2, 0.25) is 5.15 Å². The summed E-state index contributed by atoms with van der Waals surface area (Å²) < 4.78 is 0. The smallest absolute Gasteiger partial charge is 0.178 e. The summed E-state index contributed by atoms with van der Waals surface area (Å²) >= 11 is 6.25. The Hall–Kier alpha value is -2.39. The molecule has 20 heavy (non-hydrogen) atoms. The molecule has 0 aliphatic carbocycles. The maximum Gasteiger partial charge on any atom is 0.178 e. The van der Waals surface area contributed by atoms with E-state index in [1.807, 2.05) is 48.5 Å². The lowest BCUT2D eigenvalue weighted by molar-refractivity contribution is 1.20. The van der Waals surface area contributed by atoms with E-state index in [1.165, 1.54) is 0 Å². The van der Waals surface area contributed by atoms with Crippen LogP contribution in [0, 0.1) is 0 Å². The lowest BCUT2D eigenvalue weighted by atomic mass is 10.2. The van der Waals surface area contributed by atoms with Gasteiger partial charge in [0.05, 0.1) is 11.2 Å². The summed E-state index contributed by atoms with van der Waals surface area (Å²) in [7, 11) is 0. The number of halogens is 1. The van der Waals surface area contributed by atoms with Crippen molar-refractivity contribution in [2.24, 2.45) is 0 Å². The number of hydrogen-bond donors (Lipinski definition) is 1. The quantitative estimate of drug-likeness (QED) is 0.524. The van der Waals surface area contributed by atoms with E-state index in [2.05, 4.69) is 21.0 Å². The predicted molar refractivity (Wildman–Crippen MR) is 81.8 cm³/mol. The van der Waals surface area contributed by atoms with E-state index in [4.69, 9.17) is 11.6 Å². The van der Waals surface area contributed by atoms with Gasteiger partial charge in [-0.05, 0) is 24.3 Å². The van der Waals surface area contributed by atoms with Crippen molar-refractivity contribution in [3.8, 4) is 11.5 Å². The van der Waals surface area contributed by atoms with E-state index in [9.17, 15) is 0 Å². The molecule has 0 unspecified atom stereocenters. The first kappa shape index (κ1) is 11.4. The maximum atomic E-state index is 6.25. The molecule has 0 fully saturated rings. The highest BCUT2D eigenvalue weighted by Crippen LogP contribution is 2.26. The van der Waals surface area contributed by atoms with Gasteiger partial charge in [-0.25, -0.2) is 9.97 Å². The molecule has 0 bridgehead atoms. The highest BCUT2D eigenvalue weighted by molar-refractivity contribution is 6.34. The summed E-state index contributed by atoms with van der Waals surface area (Å²) in [6, 6.07) is 17.9. The van der Waals surface area contributed by atoms with Crippen molar-refractivity contribution >= 4 is 33.4 Å². The average Bonchev–Trinajstić information content (AvgIpc) is 2.91. The fourth-order valence-corrected chi connectivity index (χ4v) is 2.59. The van der Waals surface area contributed by atoms with E-state index in [-0.39, 0.29) is 0 Å². The van der Waals surface area contributed by atoms with Gasteiger partial charge in [0.1, 0.15) is 5.15 Å². The van der Waals surface area contributed by atoms with Gasteiger partial charge in [0.15, 0.2) is 5.82 Å². The SMILES string of the molecule is Clc1nc(-c2cc3ccccc3[nH]2)nc2ccccc12. The standard InChI is InChI=1S/C16H10ClN3/c17-15-11-6-2-4-8-13(11)19-16(20-15)14-9-10-5-1-3-7-12(10)18-14/h1-9,18H. The van der Waals surface area contributed by atoms with Gasteiger partial charge >= 0.3 is 0 Å². The molecular formula is C16H10ClN3. The molecule has 2 heterocycles. The molecule has 0 saturated heterocycles. The van der Waals surface area contributed by atoms with E-state index >= 15 is 0 Å². The molecule has 4 heteroatoms. The number of aromatic nitrogens is 3. The Bertz CT molecular complexity index is 894. The fraction of sp³-hybridized carbons (Fsp3) is 0. The lowest BCUT2D eigenvalue weighted by Crippen LogP contribution is -1.91. The third-order valence-corrected chi connectivity index (χ3v) is 3.62. The van der Waals surface area contributed by atoms with Crippen LogP contribution in [0.15, 0.2) is 54.6 Å². The summed E-state index contributed by atoms with van der Waals surface area (Å²) in [6.45, 7) is 0. The zero-order valence-electron chi connectivity index (χ0n) is 10.5. The lowest BCUT2D eigenvalue weighted by Gasteiger charge is -2.02. The van der Waals surface area contributed by atoms with Gasteiger partial charge in [0, 0.05) is 16.3 Å². The number of hydrogen-bond acceptors (Lipinski definition) is 2. The Labute approximate surface area is 120 Å². The van der Waals surface area contributed by atoms with Gasteiger partial charge in [-0.2, -0.15) is 0 Å². The number of rotatable bonds is 1. The van der Waals surface area contributed by atoms with E-state index in [1.54, 1.807) is 0 Å². The van der Waals surface area contributed by atoms with Gasteiger partial charge in [-0.15, -0.1) is 0 Å². The fourth-order valence-electron chi connectivity index (χ4n) is 2.35. The molecule has 96 valence electrons. The van der Waals surface area contributed by atoms with Crippen molar-refractivity contribution < 1.29 is 0 Å². The van der Waals surface area contributed by atoms with Gasteiger partial charge in [0.25, 0.3) is 0 Å². The molecule has 0 amide bonds. The summed E-state index contributed by atoms with van der Waals surface area (Å²) in [5, 5.41) is 2.48. The van der Waals surface area contributed by atoms with Crippen molar-refractivity contribution in [2.45, 2.75) is 0 Å². The van der Waals surface area contributed by atoms with Crippen LogP contribution in [0.3, 0.4) is 0 Å². The maximum absolute atomic E-state index is 6.25. The van der Waals surface area contributed by atoms with Crippen LogP contribution in [0.1, 0.15) is 0 Å². The first-order chi connectivity index (χ1) is 9.81. The Kier molecular flexibility index (Phi) is 2.47. The first-order valence-electron chi connectivity index (χ1n) is 6.32. The average molecular weight is 280 g/mol. The molecule has 4 rings (SSSR count). The molecule has 0 saturated carbocycles. The number of aromatic amines is 1. The number of nitrogens with one attached hydrogen (secondary N) is 1. The Morgan fingerprint density at radius 1 is 0.900 bits per heavy atom. The summed E-state index contributed by atoms with van der Waals surface area (Å²) in [6.07, 6.45) is 0. The zero-order valence-corrected chi connectivity index (χ0v) is 11.2. The molecule has 0 aliphatic rings. The van der Waals surface area contributed by atoms with E-state index < -0.39 is 0 Å². The molecule has 0 atom stereocenters. The molecule has 2 aromatic carbocycles. The van der Waals surface area contributed by atoms with Crippen molar-refractivity contribution in [3.05, 3.63) is 59.8 Å². The second-order valence-electron chi connectivity index (χ2n) is 4.63.